The molecule has 130 valence electrons. The highest BCUT2D eigenvalue weighted by Crippen LogP contribution is 2.30. The standard InChI is InChI=1S/C19H28N4O/c1-2-3-4-5-15-6-8-17(9-7-15)23-18(19-21-14-22-24-19)16-10-12-20-13-11-16/h10-15,17-18,23H,2-9H2,1H3. The Morgan fingerprint density at radius 3 is 2.62 bits per heavy atom. The third-order valence-corrected chi connectivity index (χ3v) is 5.13. The quantitative estimate of drug-likeness (QED) is 0.733. The highest BCUT2D eigenvalue weighted by molar-refractivity contribution is 5.21. The summed E-state index contributed by atoms with van der Waals surface area (Å²) in [6, 6.07) is 4.49. The lowest BCUT2D eigenvalue weighted by Crippen LogP contribution is -2.36. The van der Waals surface area contributed by atoms with Gasteiger partial charge in [0.1, 0.15) is 6.04 Å². The summed E-state index contributed by atoms with van der Waals surface area (Å²) in [7, 11) is 0. The van der Waals surface area contributed by atoms with E-state index in [1.54, 1.807) is 0 Å². The third kappa shape index (κ3) is 4.63. The minimum atomic E-state index is -0.0443. The molecule has 1 N–H and O–H groups in total. The number of hydrogen-bond donors (Lipinski definition) is 1. The second kappa shape index (κ2) is 8.92. The molecule has 5 heteroatoms. The number of nitrogens with one attached hydrogen (secondary N) is 1. The Morgan fingerprint density at radius 2 is 1.96 bits per heavy atom. The van der Waals surface area contributed by atoms with Crippen LogP contribution in [0.4, 0.5) is 0 Å². The zero-order valence-electron chi connectivity index (χ0n) is 14.5. The first-order valence-electron chi connectivity index (χ1n) is 9.29. The van der Waals surface area contributed by atoms with Gasteiger partial charge in [-0.15, -0.1) is 0 Å². The Hall–Kier alpha value is -1.75. The summed E-state index contributed by atoms with van der Waals surface area (Å²) in [5.41, 5.74) is 1.12. The maximum absolute atomic E-state index is 5.33. The van der Waals surface area contributed by atoms with Gasteiger partial charge in [-0.3, -0.25) is 10.3 Å². The largest absolute Gasteiger partial charge is 0.338 e. The maximum atomic E-state index is 5.33. The van der Waals surface area contributed by atoms with Crippen molar-refractivity contribution in [3.63, 3.8) is 0 Å². The molecule has 1 aliphatic rings. The smallest absolute Gasteiger partial charge is 0.248 e. The second-order valence-corrected chi connectivity index (χ2v) is 6.87. The number of rotatable bonds is 8. The molecule has 1 saturated carbocycles. The molecular formula is C19H28N4O. The van der Waals surface area contributed by atoms with Crippen molar-refractivity contribution >= 4 is 0 Å². The van der Waals surface area contributed by atoms with E-state index in [-0.39, 0.29) is 6.04 Å². The van der Waals surface area contributed by atoms with E-state index < -0.39 is 0 Å². The van der Waals surface area contributed by atoms with E-state index in [0.29, 0.717) is 11.9 Å². The monoisotopic (exact) mass is 328 g/mol. The molecule has 2 aromatic rings. The van der Waals surface area contributed by atoms with Crippen molar-refractivity contribution in [3.8, 4) is 0 Å². The maximum Gasteiger partial charge on any atom is 0.248 e. The van der Waals surface area contributed by atoms with Gasteiger partial charge < -0.3 is 4.52 Å². The van der Waals surface area contributed by atoms with Crippen LogP contribution >= 0.6 is 0 Å². The first kappa shape index (κ1) is 17.1. The van der Waals surface area contributed by atoms with E-state index in [4.69, 9.17) is 4.52 Å². The Bertz CT molecular complexity index is 564. The van der Waals surface area contributed by atoms with Gasteiger partial charge in [-0.2, -0.15) is 4.98 Å². The van der Waals surface area contributed by atoms with Crippen LogP contribution in [0.15, 0.2) is 35.4 Å². The molecule has 5 nitrogen and oxygen atoms in total. The molecule has 0 amide bonds. The van der Waals surface area contributed by atoms with E-state index in [1.807, 2.05) is 24.5 Å². The first-order chi connectivity index (χ1) is 11.9. The number of hydrogen-bond acceptors (Lipinski definition) is 5. The summed E-state index contributed by atoms with van der Waals surface area (Å²) in [5.74, 6) is 1.55. The van der Waals surface area contributed by atoms with Gasteiger partial charge in [-0.25, -0.2) is 0 Å². The van der Waals surface area contributed by atoms with Crippen LogP contribution in [0.3, 0.4) is 0 Å². The van der Waals surface area contributed by atoms with E-state index in [0.717, 1.165) is 11.5 Å². The average molecular weight is 328 g/mol. The number of unbranched alkanes of at least 4 members (excludes halogenated alkanes) is 2. The van der Waals surface area contributed by atoms with Crippen LogP contribution in [0.2, 0.25) is 0 Å². The molecule has 0 spiro atoms. The van der Waals surface area contributed by atoms with Crippen molar-refractivity contribution in [2.75, 3.05) is 0 Å². The predicted octanol–water partition coefficient (Wildman–Crippen LogP) is 4.28. The number of aromatic nitrogens is 3. The fourth-order valence-electron chi connectivity index (χ4n) is 3.71. The highest BCUT2D eigenvalue weighted by atomic mass is 16.5. The fraction of sp³-hybridized carbons (Fsp3) is 0.632. The van der Waals surface area contributed by atoms with Crippen molar-refractivity contribution in [2.24, 2.45) is 5.92 Å². The van der Waals surface area contributed by atoms with Crippen LogP contribution in [0.1, 0.15) is 75.8 Å². The van der Waals surface area contributed by atoms with Crippen LogP contribution in [0.5, 0.6) is 0 Å². The van der Waals surface area contributed by atoms with Crippen LogP contribution in [-0.2, 0) is 0 Å². The molecule has 24 heavy (non-hydrogen) atoms. The summed E-state index contributed by atoms with van der Waals surface area (Å²) >= 11 is 0. The number of nitrogens with zero attached hydrogens (tertiary/aromatic N) is 3. The molecule has 2 heterocycles. The molecule has 0 aliphatic heterocycles. The topological polar surface area (TPSA) is 63.8 Å². The van der Waals surface area contributed by atoms with Gasteiger partial charge >= 0.3 is 0 Å². The first-order valence-corrected chi connectivity index (χ1v) is 9.29. The van der Waals surface area contributed by atoms with Gasteiger partial charge in [0.25, 0.3) is 0 Å². The second-order valence-electron chi connectivity index (χ2n) is 6.87. The summed E-state index contributed by atoms with van der Waals surface area (Å²) in [5, 5.41) is 7.51. The SMILES string of the molecule is CCCCCC1CCC(NC(c2ccncc2)c2ncno2)CC1. The lowest BCUT2D eigenvalue weighted by molar-refractivity contribution is 0.252. The Labute approximate surface area is 144 Å². The van der Waals surface area contributed by atoms with E-state index in [9.17, 15) is 0 Å². The van der Waals surface area contributed by atoms with Gasteiger partial charge in [-0.05, 0) is 49.3 Å². The Balaban J connectivity index is 1.57. The lowest BCUT2D eigenvalue weighted by atomic mass is 9.82. The van der Waals surface area contributed by atoms with Gasteiger partial charge in [0, 0.05) is 18.4 Å². The van der Waals surface area contributed by atoms with Crippen LogP contribution in [-0.4, -0.2) is 21.2 Å². The van der Waals surface area contributed by atoms with E-state index in [1.165, 1.54) is 57.7 Å². The fourth-order valence-corrected chi connectivity index (χ4v) is 3.71. The van der Waals surface area contributed by atoms with Crippen LogP contribution in [0, 0.1) is 5.92 Å². The number of pyridine rings is 1. The molecule has 1 atom stereocenters. The lowest BCUT2D eigenvalue weighted by Gasteiger charge is -2.31. The predicted molar refractivity (Wildman–Crippen MR) is 93.4 cm³/mol. The summed E-state index contributed by atoms with van der Waals surface area (Å²) < 4.78 is 5.33. The van der Waals surface area contributed by atoms with Crippen molar-refractivity contribution in [1.29, 1.82) is 0 Å². The minimum Gasteiger partial charge on any atom is -0.338 e. The van der Waals surface area contributed by atoms with Gasteiger partial charge in [0.2, 0.25) is 5.89 Å². The zero-order valence-corrected chi connectivity index (χ0v) is 14.5. The van der Waals surface area contributed by atoms with Crippen molar-refractivity contribution in [1.82, 2.24) is 20.4 Å². The minimum absolute atomic E-state index is 0.0443. The molecular weight excluding hydrogens is 300 g/mol. The third-order valence-electron chi connectivity index (χ3n) is 5.13. The van der Waals surface area contributed by atoms with Gasteiger partial charge in [-0.1, -0.05) is 37.8 Å². The molecule has 2 aromatic heterocycles. The van der Waals surface area contributed by atoms with Crippen molar-refractivity contribution < 1.29 is 4.52 Å². The molecule has 1 aliphatic carbocycles. The summed E-state index contributed by atoms with van der Waals surface area (Å²) in [6.45, 7) is 2.28. The van der Waals surface area contributed by atoms with E-state index >= 15 is 0 Å². The van der Waals surface area contributed by atoms with Crippen molar-refractivity contribution in [2.45, 2.75) is 70.4 Å². The van der Waals surface area contributed by atoms with Gasteiger partial charge in [0.05, 0.1) is 0 Å². The molecule has 0 bridgehead atoms. The molecule has 1 fully saturated rings. The van der Waals surface area contributed by atoms with Crippen LogP contribution in [0.25, 0.3) is 0 Å². The highest BCUT2D eigenvalue weighted by Gasteiger charge is 2.26. The van der Waals surface area contributed by atoms with E-state index in [2.05, 4.69) is 27.4 Å². The summed E-state index contributed by atoms with van der Waals surface area (Å²) in [6.07, 6.45) is 15.7. The molecule has 0 aromatic carbocycles. The Kier molecular flexibility index (Phi) is 6.35. The Morgan fingerprint density at radius 1 is 1.17 bits per heavy atom. The van der Waals surface area contributed by atoms with Gasteiger partial charge in [0.15, 0.2) is 6.33 Å². The molecule has 0 radical (unpaired) electrons. The molecule has 3 rings (SSSR count). The normalized spacial score (nSPS) is 22.4. The van der Waals surface area contributed by atoms with Crippen LogP contribution < -0.4 is 5.32 Å². The average Bonchev–Trinajstić information content (AvgIpc) is 3.16. The molecule has 0 saturated heterocycles. The van der Waals surface area contributed by atoms with Crippen molar-refractivity contribution in [3.05, 3.63) is 42.3 Å². The molecule has 1 unspecified atom stereocenters. The summed E-state index contributed by atoms with van der Waals surface area (Å²) in [4.78, 5) is 8.37. The zero-order chi connectivity index (χ0) is 16.6.